The molecule has 2 unspecified atom stereocenters. The topological polar surface area (TPSA) is 46.1 Å². The largest absolute Gasteiger partial charge is 0.375 e. The molecular formula is C20H30ClN3O2. The number of nitrogens with zero attached hydrogens (tertiary/aromatic N) is 2. The van der Waals surface area contributed by atoms with Crippen LogP contribution >= 0.6 is 11.6 Å². The molecule has 2 atom stereocenters. The molecule has 2 heterocycles. The maximum absolute atomic E-state index is 5.95. The number of guanidine groups is 1. The zero-order valence-electron chi connectivity index (χ0n) is 15.6. The van der Waals surface area contributed by atoms with E-state index >= 15 is 0 Å². The summed E-state index contributed by atoms with van der Waals surface area (Å²) in [6.45, 7) is 7.13. The van der Waals surface area contributed by atoms with Crippen LogP contribution in [-0.2, 0) is 15.9 Å². The molecule has 26 heavy (non-hydrogen) atoms. The van der Waals surface area contributed by atoms with E-state index in [2.05, 4.69) is 29.3 Å². The monoisotopic (exact) mass is 379 g/mol. The number of aliphatic imine (C=N–C) groups is 1. The highest BCUT2D eigenvalue weighted by molar-refractivity contribution is 6.30. The molecule has 0 aliphatic carbocycles. The van der Waals surface area contributed by atoms with Gasteiger partial charge in [-0.1, -0.05) is 23.7 Å². The molecule has 0 radical (unpaired) electrons. The van der Waals surface area contributed by atoms with Crippen molar-refractivity contribution in [1.82, 2.24) is 10.2 Å². The van der Waals surface area contributed by atoms with Gasteiger partial charge in [-0.15, -0.1) is 0 Å². The van der Waals surface area contributed by atoms with E-state index in [-0.39, 0.29) is 12.2 Å². The quantitative estimate of drug-likeness (QED) is 0.468. The Labute approximate surface area is 161 Å². The molecule has 144 valence electrons. The summed E-state index contributed by atoms with van der Waals surface area (Å²) in [6, 6.07) is 8.07. The van der Waals surface area contributed by atoms with Crippen LogP contribution in [0.25, 0.3) is 0 Å². The molecule has 0 aromatic heterocycles. The number of nitrogens with one attached hydrogen (secondary N) is 1. The number of hydrogen-bond acceptors (Lipinski definition) is 3. The molecular weight excluding hydrogens is 350 g/mol. The molecule has 0 bridgehead atoms. The zero-order chi connectivity index (χ0) is 18.2. The van der Waals surface area contributed by atoms with Crippen LogP contribution in [0.5, 0.6) is 0 Å². The minimum absolute atomic E-state index is 0.157. The molecule has 1 N–H and O–H groups in total. The van der Waals surface area contributed by atoms with E-state index in [9.17, 15) is 0 Å². The first kappa shape index (κ1) is 19.5. The van der Waals surface area contributed by atoms with Crippen molar-refractivity contribution in [2.75, 3.05) is 39.4 Å². The van der Waals surface area contributed by atoms with Crippen LogP contribution in [0, 0.1) is 0 Å². The Hall–Kier alpha value is -1.30. The standard InChI is InChI=1S/C20H30ClN3O2/c1-2-22-20(23-11-3-5-16-7-9-17(21)10-8-16)24-12-14-26-19(15-24)18-6-4-13-25-18/h7-10,18-19H,2-6,11-15H2,1H3,(H,22,23). The van der Waals surface area contributed by atoms with Crippen LogP contribution in [0.1, 0.15) is 31.7 Å². The molecule has 0 saturated carbocycles. The van der Waals surface area contributed by atoms with Gasteiger partial charge in [-0.2, -0.15) is 0 Å². The third-order valence-electron chi connectivity index (χ3n) is 4.91. The fraction of sp³-hybridized carbons (Fsp3) is 0.650. The number of rotatable bonds is 6. The molecule has 0 amide bonds. The van der Waals surface area contributed by atoms with Crippen LogP contribution in [0.4, 0.5) is 0 Å². The van der Waals surface area contributed by atoms with Gasteiger partial charge >= 0.3 is 0 Å². The average Bonchev–Trinajstić information content (AvgIpc) is 3.21. The van der Waals surface area contributed by atoms with Crippen molar-refractivity contribution < 1.29 is 9.47 Å². The Kier molecular flexibility index (Phi) is 7.59. The Morgan fingerprint density at radius 1 is 1.23 bits per heavy atom. The lowest BCUT2D eigenvalue weighted by Crippen LogP contribution is -2.53. The molecule has 2 aliphatic heterocycles. The van der Waals surface area contributed by atoms with Gasteiger partial charge in [-0.3, -0.25) is 4.99 Å². The van der Waals surface area contributed by atoms with Gasteiger partial charge in [0.2, 0.25) is 0 Å². The lowest BCUT2D eigenvalue weighted by Gasteiger charge is -2.37. The molecule has 2 saturated heterocycles. The van der Waals surface area contributed by atoms with E-state index in [1.54, 1.807) is 0 Å². The highest BCUT2D eigenvalue weighted by Gasteiger charge is 2.32. The van der Waals surface area contributed by atoms with E-state index in [4.69, 9.17) is 26.1 Å². The summed E-state index contributed by atoms with van der Waals surface area (Å²) in [4.78, 5) is 7.16. The number of hydrogen-bond donors (Lipinski definition) is 1. The van der Waals surface area contributed by atoms with Crippen molar-refractivity contribution in [2.45, 2.75) is 44.8 Å². The van der Waals surface area contributed by atoms with E-state index in [0.717, 1.165) is 76.1 Å². The summed E-state index contributed by atoms with van der Waals surface area (Å²) in [5.41, 5.74) is 1.31. The van der Waals surface area contributed by atoms with E-state index < -0.39 is 0 Å². The molecule has 3 rings (SSSR count). The normalized spacial score (nSPS) is 24.1. The van der Waals surface area contributed by atoms with Crippen molar-refractivity contribution in [3.63, 3.8) is 0 Å². The predicted molar refractivity (Wildman–Crippen MR) is 106 cm³/mol. The second kappa shape index (κ2) is 10.1. The third-order valence-corrected chi connectivity index (χ3v) is 5.16. The van der Waals surface area contributed by atoms with Crippen LogP contribution in [0.2, 0.25) is 5.02 Å². The molecule has 1 aromatic rings. The Morgan fingerprint density at radius 3 is 2.77 bits per heavy atom. The predicted octanol–water partition coefficient (Wildman–Crippen LogP) is 3.12. The molecule has 2 fully saturated rings. The summed E-state index contributed by atoms with van der Waals surface area (Å²) in [5, 5.41) is 4.22. The van der Waals surface area contributed by atoms with Crippen molar-refractivity contribution in [1.29, 1.82) is 0 Å². The van der Waals surface area contributed by atoms with Crippen LogP contribution in [0.3, 0.4) is 0 Å². The second-order valence-corrected chi connectivity index (χ2v) is 7.31. The number of ether oxygens (including phenoxy) is 2. The SMILES string of the molecule is CCNC(=NCCCc1ccc(Cl)cc1)N1CCOC(C2CCCO2)C1. The maximum atomic E-state index is 5.95. The van der Waals surface area contributed by atoms with Gasteiger partial charge in [0.05, 0.1) is 12.7 Å². The molecule has 2 aliphatic rings. The van der Waals surface area contributed by atoms with Gasteiger partial charge in [-0.05, 0) is 50.3 Å². The van der Waals surface area contributed by atoms with Crippen molar-refractivity contribution in [3.8, 4) is 0 Å². The summed E-state index contributed by atoms with van der Waals surface area (Å²) in [6.07, 6.45) is 4.68. The number of benzene rings is 1. The number of aryl methyl sites for hydroxylation is 1. The van der Waals surface area contributed by atoms with Crippen LogP contribution in [-0.4, -0.2) is 62.5 Å². The van der Waals surface area contributed by atoms with E-state index in [1.807, 2.05) is 12.1 Å². The lowest BCUT2D eigenvalue weighted by molar-refractivity contribution is -0.0817. The minimum atomic E-state index is 0.157. The van der Waals surface area contributed by atoms with Gasteiger partial charge in [0.1, 0.15) is 6.10 Å². The van der Waals surface area contributed by atoms with E-state index in [0.29, 0.717) is 0 Å². The van der Waals surface area contributed by atoms with Gasteiger partial charge in [-0.25, -0.2) is 0 Å². The van der Waals surface area contributed by atoms with Gasteiger partial charge in [0, 0.05) is 37.8 Å². The van der Waals surface area contributed by atoms with Gasteiger partial charge in [0.15, 0.2) is 5.96 Å². The first-order valence-corrected chi connectivity index (χ1v) is 10.1. The Morgan fingerprint density at radius 2 is 2.04 bits per heavy atom. The fourth-order valence-electron chi connectivity index (χ4n) is 3.53. The molecule has 1 aromatic carbocycles. The van der Waals surface area contributed by atoms with Crippen LogP contribution in [0.15, 0.2) is 29.3 Å². The Balaban J connectivity index is 1.51. The first-order chi connectivity index (χ1) is 12.8. The third kappa shape index (κ3) is 5.60. The van der Waals surface area contributed by atoms with Crippen molar-refractivity contribution in [2.24, 2.45) is 4.99 Å². The molecule has 5 nitrogen and oxygen atoms in total. The highest BCUT2D eigenvalue weighted by atomic mass is 35.5. The van der Waals surface area contributed by atoms with Crippen LogP contribution < -0.4 is 5.32 Å². The van der Waals surface area contributed by atoms with Crippen molar-refractivity contribution in [3.05, 3.63) is 34.9 Å². The average molecular weight is 380 g/mol. The Bertz CT molecular complexity index is 573. The first-order valence-electron chi connectivity index (χ1n) is 9.77. The smallest absolute Gasteiger partial charge is 0.194 e. The summed E-state index contributed by atoms with van der Waals surface area (Å²) < 4.78 is 11.8. The van der Waals surface area contributed by atoms with Gasteiger partial charge in [0.25, 0.3) is 0 Å². The highest BCUT2D eigenvalue weighted by Crippen LogP contribution is 2.21. The summed E-state index contributed by atoms with van der Waals surface area (Å²) in [5.74, 6) is 0.995. The number of halogens is 1. The summed E-state index contributed by atoms with van der Waals surface area (Å²) >= 11 is 5.94. The van der Waals surface area contributed by atoms with E-state index in [1.165, 1.54) is 5.56 Å². The molecule has 6 heteroatoms. The second-order valence-electron chi connectivity index (χ2n) is 6.87. The lowest BCUT2D eigenvalue weighted by atomic mass is 10.1. The minimum Gasteiger partial charge on any atom is -0.375 e. The molecule has 0 spiro atoms. The fourth-order valence-corrected chi connectivity index (χ4v) is 3.66. The number of morpholine rings is 1. The zero-order valence-corrected chi connectivity index (χ0v) is 16.4. The summed E-state index contributed by atoms with van der Waals surface area (Å²) in [7, 11) is 0. The van der Waals surface area contributed by atoms with Crippen molar-refractivity contribution >= 4 is 17.6 Å². The van der Waals surface area contributed by atoms with Gasteiger partial charge < -0.3 is 19.7 Å². The maximum Gasteiger partial charge on any atom is 0.194 e.